The Hall–Kier alpha value is 0. The van der Waals surface area contributed by atoms with Crippen LogP contribution >= 0.6 is 0 Å². The summed E-state index contributed by atoms with van der Waals surface area (Å²) in [7, 11) is 0. The standard InChI is InChI=1S/C19H36/c1-11(2)8-12(3)16(7)17-10-15(6)18-13(4)9-14(5)19(17)18/h11-19H,8-10H2,1-7H3. The first-order chi connectivity index (χ1) is 8.82. The second kappa shape index (κ2) is 5.78. The van der Waals surface area contributed by atoms with Crippen LogP contribution in [-0.4, -0.2) is 0 Å². The van der Waals surface area contributed by atoms with Crippen LogP contribution in [0.25, 0.3) is 0 Å². The summed E-state index contributed by atoms with van der Waals surface area (Å²) in [5.74, 6) is 8.69. The average Bonchev–Trinajstić information content (AvgIpc) is 2.78. The van der Waals surface area contributed by atoms with Gasteiger partial charge in [0.15, 0.2) is 0 Å². The maximum atomic E-state index is 2.56. The molecule has 0 heteroatoms. The number of fused-ring (bicyclic) bond motifs is 1. The number of hydrogen-bond acceptors (Lipinski definition) is 0. The van der Waals surface area contributed by atoms with Crippen molar-refractivity contribution in [3.05, 3.63) is 0 Å². The van der Waals surface area contributed by atoms with Crippen LogP contribution in [0.1, 0.15) is 67.7 Å². The second-order valence-corrected chi connectivity index (χ2v) is 8.69. The van der Waals surface area contributed by atoms with Crippen LogP contribution in [0.2, 0.25) is 0 Å². The van der Waals surface area contributed by atoms with Crippen molar-refractivity contribution < 1.29 is 0 Å². The second-order valence-electron chi connectivity index (χ2n) is 8.69. The topological polar surface area (TPSA) is 0 Å². The van der Waals surface area contributed by atoms with Crippen molar-refractivity contribution in [2.24, 2.45) is 53.3 Å². The zero-order valence-corrected chi connectivity index (χ0v) is 14.3. The van der Waals surface area contributed by atoms with Crippen LogP contribution in [0.4, 0.5) is 0 Å². The van der Waals surface area contributed by atoms with Gasteiger partial charge in [-0.1, -0.05) is 48.5 Å². The van der Waals surface area contributed by atoms with Crippen LogP contribution in [0.5, 0.6) is 0 Å². The quantitative estimate of drug-likeness (QED) is 0.596. The summed E-state index contributed by atoms with van der Waals surface area (Å²) >= 11 is 0. The smallest absolute Gasteiger partial charge is 0.0324 e. The Kier molecular flexibility index (Phi) is 4.68. The monoisotopic (exact) mass is 264 g/mol. The molecule has 2 saturated carbocycles. The molecule has 112 valence electrons. The highest BCUT2D eigenvalue weighted by Crippen LogP contribution is 2.58. The molecule has 0 aliphatic heterocycles. The van der Waals surface area contributed by atoms with Gasteiger partial charge in [-0.2, -0.15) is 0 Å². The Bertz CT molecular complexity index is 292. The molecular weight excluding hydrogens is 228 g/mol. The average molecular weight is 264 g/mol. The molecule has 19 heavy (non-hydrogen) atoms. The highest BCUT2D eigenvalue weighted by molar-refractivity contribution is 5.00. The van der Waals surface area contributed by atoms with E-state index in [9.17, 15) is 0 Å². The maximum Gasteiger partial charge on any atom is -0.0324 e. The molecule has 0 N–H and O–H groups in total. The van der Waals surface area contributed by atoms with E-state index in [1.54, 1.807) is 0 Å². The summed E-state index contributed by atoms with van der Waals surface area (Å²) in [6.07, 6.45) is 4.41. The van der Waals surface area contributed by atoms with Crippen molar-refractivity contribution in [3.8, 4) is 0 Å². The Morgan fingerprint density at radius 1 is 0.789 bits per heavy atom. The molecular formula is C19H36. The Labute approximate surface area is 121 Å². The van der Waals surface area contributed by atoms with Crippen molar-refractivity contribution in [2.45, 2.75) is 67.7 Å². The molecule has 0 radical (unpaired) electrons. The molecule has 0 spiro atoms. The van der Waals surface area contributed by atoms with Gasteiger partial charge in [0, 0.05) is 0 Å². The van der Waals surface area contributed by atoms with Gasteiger partial charge >= 0.3 is 0 Å². The normalized spacial score (nSPS) is 45.5. The Morgan fingerprint density at radius 2 is 1.32 bits per heavy atom. The van der Waals surface area contributed by atoms with E-state index in [1.165, 1.54) is 19.3 Å². The van der Waals surface area contributed by atoms with E-state index in [0.717, 1.165) is 53.3 Å². The van der Waals surface area contributed by atoms with Crippen molar-refractivity contribution in [1.29, 1.82) is 0 Å². The van der Waals surface area contributed by atoms with E-state index in [4.69, 9.17) is 0 Å². The van der Waals surface area contributed by atoms with Gasteiger partial charge in [-0.25, -0.2) is 0 Å². The van der Waals surface area contributed by atoms with Crippen LogP contribution in [-0.2, 0) is 0 Å². The third-order valence-electron chi connectivity index (χ3n) is 6.71. The summed E-state index contributed by atoms with van der Waals surface area (Å²) < 4.78 is 0. The lowest BCUT2D eigenvalue weighted by Gasteiger charge is -2.33. The summed E-state index contributed by atoms with van der Waals surface area (Å²) in [5.41, 5.74) is 0. The lowest BCUT2D eigenvalue weighted by Crippen LogP contribution is -2.27. The SMILES string of the molecule is CC(C)CC(C)C(C)C1CC(C)C2C(C)CC(C)C12. The van der Waals surface area contributed by atoms with E-state index in [0.29, 0.717) is 0 Å². The van der Waals surface area contributed by atoms with Gasteiger partial charge in [0.25, 0.3) is 0 Å². The third-order valence-corrected chi connectivity index (χ3v) is 6.71. The van der Waals surface area contributed by atoms with Crippen LogP contribution in [0.15, 0.2) is 0 Å². The van der Waals surface area contributed by atoms with Gasteiger partial charge in [-0.15, -0.1) is 0 Å². The molecule has 0 nitrogen and oxygen atoms in total. The lowest BCUT2D eigenvalue weighted by molar-refractivity contribution is 0.156. The fourth-order valence-corrected chi connectivity index (χ4v) is 6.00. The zero-order chi connectivity index (χ0) is 14.3. The number of hydrogen-bond donors (Lipinski definition) is 0. The molecule has 0 amide bonds. The van der Waals surface area contributed by atoms with Gasteiger partial charge in [0.05, 0.1) is 0 Å². The van der Waals surface area contributed by atoms with E-state index in [1.807, 2.05) is 0 Å². The first-order valence-corrected chi connectivity index (χ1v) is 8.82. The van der Waals surface area contributed by atoms with Gasteiger partial charge < -0.3 is 0 Å². The minimum atomic E-state index is 0.854. The van der Waals surface area contributed by atoms with Gasteiger partial charge in [-0.05, 0) is 72.5 Å². The van der Waals surface area contributed by atoms with Gasteiger partial charge in [0.1, 0.15) is 0 Å². The lowest BCUT2D eigenvalue weighted by atomic mass is 9.72. The van der Waals surface area contributed by atoms with E-state index >= 15 is 0 Å². The summed E-state index contributed by atoms with van der Waals surface area (Å²) in [6.45, 7) is 17.4. The molecule has 2 rings (SSSR count). The minimum Gasteiger partial charge on any atom is -0.0628 e. The van der Waals surface area contributed by atoms with E-state index in [-0.39, 0.29) is 0 Å². The molecule has 2 aliphatic carbocycles. The van der Waals surface area contributed by atoms with Crippen molar-refractivity contribution >= 4 is 0 Å². The molecule has 0 aromatic heterocycles. The molecule has 0 aromatic carbocycles. The molecule has 8 unspecified atom stereocenters. The van der Waals surface area contributed by atoms with Gasteiger partial charge in [-0.3, -0.25) is 0 Å². The van der Waals surface area contributed by atoms with Crippen molar-refractivity contribution in [1.82, 2.24) is 0 Å². The third kappa shape index (κ3) is 2.88. The summed E-state index contributed by atoms with van der Waals surface area (Å²) in [6, 6.07) is 0. The minimum absolute atomic E-state index is 0.854. The number of rotatable bonds is 4. The first kappa shape index (κ1) is 15.4. The Morgan fingerprint density at radius 3 is 1.89 bits per heavy atom. The van der Waals surface area contributed by atoms with Crippen molar-refractivity contribution in [3.63, 3.8) is 0 Å². The fraction of sp³-hybridized carbons (Fsp3) is 1.00. The largest absolute Gasteiger partial charge is 0.0628 e. The molecule has 2 fully saturated rings. The van der Waals surface area contributed by atoms with E-state index < -0.39 is 0 Å². The highest BCUT2D eigenvalue weighted by atomic mass is 14.6. The zero-order valence-electron chi connectivity index (χ0n) is 14.3. The molecule has 0 heterocycles. The summed E-state index contributed by atoms with van der Waals surface area (Å²) in [4.78, 5) is 0. The molecule has 0 bridgehead atoms. The van der Waals surface area contributed by atoms with Crippen LogP contribution in [0, 0.1) is 53.3 Å². The highest BCUT2D eigenvalue weighted by Gasteiger charge is 2.52. The summed E-state index contributed by atoms with van der Waals surface area (Å²) in [5, 5.41) is 0. The maximum absolute atomic E-state index is 2.56. The molecule has 2 aliphatic rings. The molecule has 8 atom stereocenters. The first-order valence-electron chi connectivity index (χ1n) is 8.82. The van der Waals surface area contributed by atoms with Crippen LogP contribution in [0.3, 0.4) is 0 Å². The fourth-order valence-electron chi connectivity index (χ4n) is 6.00. The predicted octanol–water partition coefficient (Wildman–Crippen LogP) is 5.87. The Balaban J connectivity index is 2.08. The molecule has 0 saturated heterocycles. The molecule has 0 aromatic rings. The van der Waals surface area contributed by atoms with Crippen molar-refractivity contribution in [2.75, 3.05) is 0 Å². The van der Waals surface area contributed by atoms with Gasteiger partial charge in [0.2, 0.25) is 0 Å². The van der Waals surface area contributed by atoms with Crippen LogP contribution < -0.4 is 0 Å². The predicted molar refractivity (Wildman–Crippen MR) is 85.0 cm³/mol. The van der Waals surface area contributed by atoms with E-state index in [2.05, 4.69) is 48.5 Å².